The summed E-state index contributed by atoms with van der Waals surface area (Å²) in [5.41, 5.74) is -0.510. The first-order valence-corrected chi connectivity index (χ1v) is 5.03. The fourth-order valence-electron chi connectivity index (χ4n) is 0.689. The summed E-state index contributed by atoms with van der Waals surface area (Å²) < 4.78 is 5.92. The van der Waals surface area contributed by atoms with E-state index in [4.69, 9.17) is 4.74 Å². The number of hydrogen-bond acceptors (Lipinski definition) is 3. The maximum absolute atomic E-state index is 11.5. The van der Waals surface area contributed by atoms with E-state index in [1.807, 2.05) is 0 Å². The van der Waals surface area contributed by atoms with Crippen LogP contribution in [0.3, 0.4) is 0 Å². The van der Waals surface area contributed by atoms with Gasteiger partial charge in [0.1, 0.15) is 0 Å². The Balaban J connectivity index is 0.00000196. The summed E-state index contributed by atoms with van der Waals surface area (Å²) in [6.45, 7) is 5.40. The second-order valence-electron chi connectivity index (χ2n) is 3.95. The SMILES string of the molecule is CC(C)(C)C(=O)Oc1cc(Br)ccn1.[K]. The van der Waals surface area contributed by atoms with E-state index in [-0.39, 0.29) is 57.4 Å². The van der Waals surface area contributed by atoms with Crippen molar-refractivity contribution >= 4 is 73.3 Å². The molecule has 1 aromatic rings. The van der Waals surface area contributed by atoms with Crippen molar-refractivity contribution in [3.05, 3.63) is 22.8 Å². The molecule has 77 valence electrons. The number of ether oxygens (including phenoxy) is 1. The summed E-state index contributed by atoms with van der Waals surface area (Å²) in [4.78, 5) is 15.4. The molecule has 0 N–H and O–H groups in total. The van der Waals surface area contributed by atoms with E-state index in [2.05, 4.69) is 20.9 Å². The molecule has 0 fully saturated rings. The minimum absolute atomic E-state index is 0. The summed E-state index contributed by atoms with van der Waals surface area (Å²) in [7, 11) is 0. The second-order valence-corrected chi connectivity index (χ2v) is 4.87. The van der Waals surface area contributed by atoms with Crippen molar-refractivity contribution in [3.63, 3.8) is 0 Å². The third-order valence-electron chi connectivity index (χ3n) is 1.51. The van der Waals surface area contributed by atoms with Crippen molar-refractivity contribution in [3.8, 4) is 5.88 Å². The number of nitrogens with zero attached hydrogens (tertiary/aromatic N) is 1. The predicted molar refractivity (Wildman–Crippen MR) is 62.8 cm³/mol. The van der Waals surface area contributed by atoms with Crippen LogP contribution < -0.4 is 4.74 Å². The average Bonchev–Trinajstić information content (AvgIpc) is 2.02. The molecule has 3 nitrogen and oxygen atoms in total. The van der Waals surface area contributed by atoms with Crippen LogP contribution >= 0.6 is 15.9 Å². The van der Waals surface area contributed by atoms with Crippen molar-refractivity contribution in [1.29, 1.82) is 0 Å². The molecule has 0 atom stereocenters. The third kappa shape index (κ3) is 5.56. The number of halogens is 1. The van der Waals surface area contributed by atoms with Gasteiger partial charge in [-0.2, -0.15) is 0 Å². The van der Waals surface area contributed by atoms with Gasteiger partial charge in [0.2, 0.25) is 5.88 Å². The normalized spacial score (nSPS) is 10.4. The maximum Gasteiger partial charge on any atom is 0.317 e. The summed E-state index contributed by atoms with van der Waals surface area (Å²) in [5.74, 6) is 0.0300. The number of hydrogen-bond donors (Lipinski definition) is 0. The number of pyridine rings is 1. The summed E-state index contributed by atoms with van der Waals surface area (Å²) in [6, 6.07) is 3.43. The Morgan fingerprint density at radius 3 is 2.53 bits per heavy atom. The quantitative estimate of drug-likeness (QED) is 0.590. The van der Waals surface area contributed by atoms with Gasteiger partial charge in [-0.15, -0.1) is 0 Å². The minimum Gasteiger partial charge on any atom is -0.407 e. The van der Waals surface area contributed by atoms with Crippen LogP contribution in [0.4, 0.5) is 0 Å². The van der Waals surface area contributed by atoms with E-state index in [9.17, 15) is 4.79 Å². The number of esters is 1. The van der Waals surface area contributed by atoms with E-state index in [0.717, 1.165) is 4.47 Å². The van der Waals surface area contributed by atoms with Crippen LogP contribution in [0.2, 0.25) is 0 Å². The van der Waals surface area contributed by atoms with Crippen LogP contribution in [-0.2, 0) is 4.79 Å². The Morgan fingerprint density at radius 2 is 2.07 bits per heavy atom. The van der Waals surface area contributed by atoms with E-state index in [0.29, 0.717) is 5.88 Å². The molecule has 0 unspecified atom stereocenters. The molecule has 0 saturated heterocycles. The van der Waals surface area contributed by atoms with Gasteiger partial charge in [0.25, 0.3) is 0 Å². The van der Waals surface area contributed by atoms with Crippen LogP contribution in [0.15, 0.2) is 22.8 Å². The zero-order chi connectivity index (χ0) is 10.8. The number of rotatable bonds is 1. The zero-order valence-corrected chi connectivity index (χ0v) is 14.1. The zero-order valence-electron chi connectivity index (χ0n) is 9.37. The molecule has 1 heterocycles. The van der Waals surface area contributed by atoms with Gasteiger partial charge in [0.05, 0.1) is 5.41 Å². The van der Waals surface area contributed by atoms with E-state index >= 15 is 0 Å². The first kappa shape index (κ1) is 15.7. The van der Waals surface area contributed by atoms with Crippen LogP contribution in [0.5, 0.6) is 5.88 Å². The molecule has 0 bridgehead atoms. The molecule has 0 spiro atoms. The summed E-state index contributed by atoms with van der Waals surface area (Å²) in [5, 5.41) is 0. The maximum atomic E-state index is 11.5. The molecule has 0 amide bonds. The molecule has 0 saturated carbocycles. The van der Waals surface area contributed by atoms with Crippen molar-refractivity contribution < 1.29 is 9.53 Å². The average molecular weight is 297 g/mol. The van der Waals surface area contributed by atoms with Crippen molar-refractivity contribution in [1.82, 2.24) is 4.98 Å². The topological polar surface area (TPSA) is 39.2 Å². The van der Waals surface area contributed by atoms with Gasteiger partial charge in [-0.25, -0.2) is 4.98 Å². The van der Waals surface area contributed by atoms with Crippen LogP contribution in [0.25, 0.3) is 0 Å². The number of carbonyl (C=O) groups excluding carboxylic acids is 1. The van der Waals surface area contributed by atoms with Crippen molar-refractivity contribution in [2.45, 2.75) is 20.8 Å². The smallest absolute Gasteiger partial charge is 0.317 e. The molecular formula is C10H12BrKNO2. The Kier molecular flexibility index (Phi) is 6.78. The van der Waals surface area contributed by atoms with Crippen LogP contribution in [-0.4, -0.2) is 62.3 Å². The molecule has 0 aliphatic heterocycles. The standard InChI is InChI=1S/C10H12BrNO2.K/c1-10(2,3)9(13)14-8-6-7(11)4-5-12-8;/h4-6H,1-3H3;. The Labute approximate surface area is 141 Å². The van der Waals surface area contributed by atoms with E-state index in [1.165, 1.54) is 0 Å². The Bertz CT molecular complexity index is 350. The van der Waals surface area contributed by atoms with Gasteiger partial charge in [-0.05, 0) is 26.8 Å². The number of carbonyl (C=O) groups is 1. The summed E-state index contributed by atoms with van der Waals surface area (Å²) >= 11 is 3.27. The monoisotopic (exact) mass is 296 g/mol. The summed E-state index contributed by atoms with van der Waals surface area (Å²) in [6.07, 6.45) is 1.58. The molecule has 1 aromatic heterocycles. The Hall–Kier alpha value is 0.736. The molecule has 0 aromatic carbocycles. The molecule has 0 aliphatic rings. The third-order valence-corrected chi connectivity index (χ3v) is 2.00. The van der Waals surface area contributed by atoms with E-state index < -0.39 is 5.41 Å². The van der Waals surface area contributed by atoms with Crippen LogP contribution in [0.1, 0.15) is 20.8 Å². The molecular weight excluding hydrogens is 285 g/mol. The van der Waals surface area contributed by atoms with Gasteiger partial charge < -0.3 is 4.74 Å². The number of aromatic nitrogens is 1. The van der Waals surface area contributed by atoms with Gasteiger partial charge >= 0.3 is 5.97 Å². The minimum atomic E-state index is -0.510. The fourth-order valence-corrected chi connectivity index (χ4v) is 1.00. The molecule has 15 heavy (non-hydrogen) atoms. The molecule has 5 heteroatoms. The van der Waals surface area contributed by atoms with E-state index in [1.54, 1.807) is 39.1 Å². The molecule has 1 rings (SSSR count). The van der Waals surface area contributed by atoms with Crippen LogP contribution in [0, 0.1) is 5.41 Å². The largest absolute Gasteiger partial charge is 0.407 e. The molecule has 1 radical (unpaired) electrons. The Morgan fingerprint density at radius 1 is 1.47 bits per heavy atom. The van der Waals surface area contributed by atoms with Gasteiger partial charge in [0.15, 0.2) is 0 Å². The first-order chi connectivity index (χ1) is 6.39. The van der Waals surface area contributed by atoms with Gasteiger partial charge in [-0.1, -0.05) is 15.9 Å². The predicted octanol–water partition coefficient (Wildman–Crippen LogP) is 2.41. The fraction of sp³-hybridized carbons (Fsp3) is 0.400. The van der Waals surface area contributed by atoms with Gasteiger partial charge in [0, 0.05) is 68.1 Å². The van der Waals surface area contributed by atoms with Crippen molar-refractivity contribution in [2.75, 3.05) is 0 Å². The first-order valence-electron chi connectivity index (χ1n) is 4.23. The molecule has 0 aliphatic carbocycles. The van der Waals surface area contributed by atoms with Crippen molar-refractivity contribution in [2.24, 2.45) is 5.41 Å². The van der Waals surface area contributed by atoms with Gasteiger partial charge in [-0.3, -0.25) is 4.79 Å². The second kappa shape index (κ2) is 6.47.